The van der Waals surface area contributed by atoms with Crippen LogP contribution in [0, 0.1) is 5.41 Å². The zero-order valence-corrected chi connectivity index (χ0v) is 11.4. The molecule has 0 aliphatic heterocycles. The molecule has 5 nitrogen and oxygen atoms in total. The number of aliphatic carboxylic acids is 1. The van der Waals surface area contributed by atoms with E-state index >= 15 is 0 Å². The monoisotopic (exact) mass is 257 g/mol. The molecule has 1 aliphatic rings. The van der Waals surface area contributed by atoms with Crippen LogP contribution in [0.3, 0.4) is 0 Å². The van der Waals surface area contributed by atoms with Gasteiger partial charge in [0.2, 0.25) is 5.91 Å². The van der Waals surface area contributed by atoms with Crippen molar-refractivity contribution in [2.24, 2.45) is 5.41 Å². The van der Waals surface area contributed by atoms with Gasteiger partial charge in [-0.3, -0.25) is 9.59 Å². The Morgan fingerprint density at radius 1 is 1.44 bits per heavy atom. The van der Waals surface area contributed by atoms with Crippen LogP contribution in [0.1, 0.15) is 39.5 Å². The van der Waals surface area contributed by atoms with Crippen molar-refractivity contribution in [1.82, 2.24) is 4.90 Å². The molecular formula is C13H23NO4. The summed E-state index contributed by atoms with van der Waals surface area (Å²) in [5, 5.41) is 9.30. The fraction of sp³-hybridized carbons (Fsp3) is 0.846. The Balaban J connectivity index is 2.83. The largest absolute Gasteiger partial charge is 0.480 e. The standard InChI is InChI=1S/C13H23NO4/c1-4-10(2)14(8-9-18-3)11(15)13(12(16)17)6-5-7-13/h10H,4-9H2,1-3H3,(H,16,17). The Morgan fingerprint density at radius 2 is 2.06 bits per heavy atom. The second-order valence-electron chi connectivity index (χ2n) is 4.99. The van der Waals surface area contributed by atoms with Crippen LogP contribution >= 0.6 is 0 Å². The second kappa shape index (κ2) is 6.18. The van der Waals surface area contributed by atoms with E-state index in [0.717, 1.165) is 12.8 Å². The van der Waals surface area contributed by atoms with Crippen molar-refractivity contribution in [3.8, 4) is 0 Å². The van der Waals surface area contributed by atoms with Gasteiger partial charge in [0.05, 0.1) is 6.61 Å². The van der Waals surface area contributed by atoms with E-state index < -0.39 is 11.4 Å². The van der Waals surface area contributed by atoms with Gasteiger partial charge in [-0.2, -0.15) is 0 Å². The summed E-state index contributed by atoms with van der Waals surface area (Å²) in [7, 11) is 1.58. The SMILES string of the molecule is CCC(C)N(CCOC)C(=O)C1(C(=O)O)CCC1. The van der Waals surface area contributed by atoms with E-state index in [4.69, 9.17) is 4.74 Å². The third kappa shape index (κ3) is 2.66. The lowest BCUT2D eigenvalue weighted by molar-refractivity contribution is -0.169. The number of carbonyl (C=O) groups excluding carboxylic acids is 1. The maximum Gasteiger partial charge on any atom is 0.319 e. The van der Waals surface area contributed by atoms with Gasteiger partial charge in [0, 0.05) is 19.7 Å². The first-order chi connectivity index (χ1) is 8.49. The van der Waals surface area contributed by atoms with E-state index in [-0.39, 0.29) is 11.9 Å². The first-order valence-electron chi connectivity index (χ1n) is 6.53. The Hall–Kier alpha value is -1.10. The van der Waals surface area contributed by atoms with Crippen LogP contribution in [-0.4, -0.2) is 48.2 Å². The molecule has 1 amide bonds. The van der Waals surface area contributed by atoms with Crippen LogP contribution in [0.2, 0.25) is 0 Å². The van der Waals surface area contributed by atoms with Gasteiger partial charge in [0.1, 0.15) is 5.41 Å². The van der Waals surface area contributed by atoms with Crippen LogP contribution in [0.5, 0.6) is 0 Å². The highest BCUT2D eigenvalue weighted by Crippen LogP contribution is 2.43. The Labute approximate surface area is 108 Å². The van der Waals surface area contributed by atoms with Crippen molar-refractivity contribution in [3.05, 3.63) is 0 Å². The van der Waals surface area contributed by atoms with E-state index in [1.54, 1.807) is 12.0 Å². The molecular weight excluding hydrogens is 234 g/mol. The average Bonchev–Trinajstić information content (AvgIpc) is 2.27. The highest BCUT2D eigenvalue weighted by atomic mass is 16.5. The fourth-order valence-electron chi connectivity index (χ4n) is 2.26. The Kier molecular flexibility index (Phi) is 5.14. The number of carbonyl (C=O) groups is 2. The molecule has 0 spiro atoms. The van der Waals surface area contributed by atoms with E-state index in [9.17, 15) is 14.7 Å². The number of methoxy groups -OCH3 is 1. The number of rotatable bonds is 7. The summed E-state index contributed by atoms with van der Waals surface area (Å²) >= 11 is 0. The number of amides is 1. The van der Waals surface area contributed by atoms with E-state index in [1.807, 2.05) is 13.8 Å². The van der Waals surface area contributed by atoms with Crippen molar-refractivity contribution in [1.29, 1.82) is 0 Å². The molecule has 1 fully saturated rings. The first-order valence-corrected chi connectivity index (χ1v) is 6.53. The molecule has 5 heteroatoms. The summed E-state index contributed by atoms with van der Waals surface area (Å²) in [6.45, 7) is 4.83. The lowest BCUT2D eigenvalue weighted by Gasteiger charge is -2.41. The maximum absolute atomic E-state index is 12.5. The van der Waals surface area contributed by atoms with Crippen molar-refractivity contribution in [3.63, 3.8) is 0 Å². The molecule has 0 bridgehead atoms. The summed E-state index contributed by atoms with van der Waals surface area (Å²) in [6, 6.07) is 0.0458. The quantitative estimate of drug-likeness (QED) is 0.702. The van der Waals surface area contributed by atoms with Crippen LogP contribution in [-0.2, 0) is 14.3 Å². The minimum Gasteiger partial charge on any atom is -0.480 e. The average molecular weight is 257 g/mol. The number of nitrogens with zero attached hydrogens (tertiary/aromatic N) is 1. The number of hydrogen-bond acceptors (Lipinski definition) is 3. The molecule has 0 saturated heterocycles. The summed E-state index contributed by atoms with van der Waals surface area (Å²) in [4.78, 5) is 25.5. The van der Waals surface area contributed by atoms with E-state index in [0.29, 0.717) is 26.0 Å². The summed E-state index contributed by atoms with van der Waals surface area (Å²) in [5.41, 5.74) is -1.17. The predicted molar refractivity (Wildman–Crippen MR) is 67.3 cm³/mol. The number of carboxylic acids is 1. The zero-order chi connectivity index (χ0) is 13.8. The highest BCUT2D eigenvalue weighted by molar-refractivity contribution is 6.02. The lowest BCUT2D eigenvalue weighted by atomic mass is 9.67. The predicted octanol–water partition coefficient (Wildman–Crippen LogP) is 1.51. The molecule has 0 heterocycles. The molecule has 0 radical (unpaired) electrons. The van der Waals surface area contributed by atoms with Crippen LogP contribution in [0.4, 0.5) is 0 Å². The highest BCUT2D eigenvalue weighted by Gasteiger charge is 2.53. The first kappa shape index (κ1) is 15.0. The molecule has 1 unspecified atom stereocenters. The molecule has 0 aromatic heterocycles. The topological polar surface area (TPSA) is 66.8 Å². The number of carboxylic acid groups (broad SMARTS) is 1. The lowest BCUT2D eigenvalue weighted by Crippen LogP contribution is -2.55. The summed E-state index contributed by atoms with van der Waals surface area (Å²) in [6.07, 6.45) is 2.55. The number of hydrogen-bond donors (Lipinski definition) is 1. The van der Waals surface area contributed by atoms with Crippen molar-refractivity contribution >= 4 is 11.9 Å². The van der Waals surface area contributed by atoms with Crippen LogP contribution < -0.4 is 0 Å². The van der Waals surface area contributed by atoms with E-state index in [2.05, 4.69) is 0 Å². The molecule has 1 N–H and O–H groups in total. The van der Waals surface area contributed by atoms with Gasteiger partial charge in [-0.25, -0.2) is 0 Å². The minimum absolute atomic E-state index is 0.0458. The van der Waals surface area contributed by atoms with Crippen LogP contribution in [0.15, 0.2) is 0 Å². The third-order valence-corrected chi connectivity index (χ3v) is 3.95. The normalized spacial score (nSPS) is 18.8. The molecule has 1 atom stereocenters. The Bertz CT molecular complexity index is 312. The van der Waals surface area contributed by atoms with Gasteiger partial charge in [-0.1, -0.05) is 13.3 Å². The van der Waals surface area contributed by atoms with Crippen molar-refractivity contribution in [2.45, 2.75) is 45.6 Å². The van der Waals surface area contributed by atoms with E-state index in [1.165, 1.54) is 0 Å². The van der Waals surface area contributed by atoms with Gasteiger partial charge in [-0.05, 0) is 26.2 Å². The number of ether oxygens (including phenoxy) is 1. The van der Waals surface area contributed by atoms with Crippen molar-refractivity contribution in [2.75, 3.05) is 20.3 Å². The zero-order valence-electron chi connectivity index (χ0n) is 11.4. The molecule has 104 valence electrons. The maximum atomic E-state index is 12.5. The van der Waals surface area contributed by atoms with Gasteiger partial charge >= 0.3 is 5.97 Å². The molecule has 18 heavy (non-hydrogen) atoms. The third-order valence-electron chi connectivity index (χ3n) is 3.95. The molecule has 1 rings (SSSR count). The summed E-state index contributed by atoms with van der Waals surface area (Å²) in [5.74, 6) is -1.22. The minimum atomic E-state index is -1.17. The van der Waals surface area contributed by atoms with Crippen molar-refractivity contribution < 1.29 is 19.4 Å². The summed E-state index contributed by atoms with van der Waals surface area (Å²) < 4.78 is 5.00. The van der Waals surface area contributed by atoms with Gasteiger partial charge in [-0.15, -0.1) is 0 Å². The van der Waals surface area contributed by atoms with Gasteiger partial charge in [0.25, 0.3) is 0 Å². The van der Waals surface area contributed by atoms with Crippen LogP contribution in [0.25, 0.3) is 0 Å². The Morgan fingerprint density at radius 3 is 2.39 bits per heavy atom. The molecule has 1 saturated carbocycles. The molecule has 0 aromatic rings. The second-order valence-corrected chi connectivity index (χ2v) is 4.99. The molecule has 1 aliphatic carbocycles. The van der Waals surface area contributed by atoms with Gasteiger partial charge < -0.3 is 14.7 Å². The fourth-order valence-corrected chi connectivity index (χ4v) is 2.26. The smallest absolute Gasteiger partial charge is 0.319 e. The van der Waals surface area contributed by atoms with Gasteiger partial charge in [0.15, 0.2) is 0 Å². The molecule has 0 aromatic carbocycles.